The summed E-state index contributed by atoms with van der Waals surface area (Å²) in [4.78, 5) is 2.41. The molecule has 0 bridgehead atoms. The number of benzene rings is 1. The second-order valence-corrected chi connectivity index (χ2v) is 13.8. The number of nitrogens with two attached hydrogens (primary N) is 1. The zero-order valence-corrected chi connectivity index (χ0v) is 17.4. The summed E-state index contributed by atoms with van der Waals surface area (Å²) < 4.78 is 4.73. The highest BCUT2D eigenvalue weighted by Crippen LogP contribution is 2.30. The first kappa shape index (κ1) is 19.9. The molecule has 3 rings (SSSR count). The van der Waals surface area contributed by atoms with Gasteiger partial charge in [-0.2, -0.15) is 0 Å². The summed E-state index contributed by atoms with van der Waals surface area (Å²) in [6.07, 6.45) is 9.22. The molecule has 6 heteroatoms. The molecule has 0 radical (unpaired) electrons. The van der Waals surface area contributed by atoms with Gasteiger partial charge in [0.15, 0.2) is 0 Å². The van der Waals surface area contributed by atoms with Gasteiger partial charge in [-0.05, 0) is 18.6 Å². The van der Waals surface area contributed by atoms with Gasteiger partial charge < -0.3 is 23.0 Å². The molecule has 2 heterocycles. The smallest absolute Gasteiger partial charge is 0.244 e. The normalized spacial score (nSPS) is 17.6. The third kappa shape index (κ3) is 5.25. The van der Waals surface area contributed by atoms with Crippen molar-refractivity contribution in [2.75, 3.05) is 23.7 Å². The highest BCUT2D eigenvalue weighted by atomic mass is 35.5. The van der Waals surface area contributed by atoms with E-state index < -0.39 is 8.07 Å². The Morgan fingerprint density at radius 1 is 1.24 bits per heavy atom. The van der Waals surface area contributed by atoms with E-state index in [1.807, 2.05) is 12.1 Å². The van der Waals surface area contributed by atoms with Gasteiger partial charge in [0.1, 0.15) is 18.4 Å². The molecule has 1 aromatic carbocycles. The number of nitrogen functional groups attached to an aromatic ring is 1. The molecule has 138 valence electrons. The summed E-state index contributed by atoms with van der Waals surface area (Å²) in [6, 6.07) is 10.1. The first-order valence-electron chi connectivity index (χ1n) is 9.08. The minimum atomic E-state index is -0.921. The van der Waals surface area contributed by atoms with E-state index in [2.05, 4.69) is 64.5 Å². The van der Waals surface area contributed by atoms with Crippen LogP contribution in [-0.4, -0.2) is 25.7 Å². The predicted octanol–water partition coefficient (Wildman–Crippen LogP) is 0.542. The van der Waals surface area contributed by atoms with Gasteiger partial charge in [-0.25, -0.2) is 9.13 Å². The molecule has 1 aliphatic rings. The SMILES string of the molecule is C[Si](C)(C)CCC[n+]1ccn(C2CCN(c3ccccc3N)C2)c1.[Cl-]. The summed E-state index contributed by atoms with van der Waals surface area (Å²) in [7, 11) is -0.921. The maximum atomic E-state index is 6.13. The molecule has 2 N–H and O–H groups in total. The number of anilines is 2. The lowest BCUT2D eigenvalue weighted by atomic mass is 10.2. The van der Waals surface area contributed by atoms with Gasteiger partial charge in [0.05, 0.1) is 24.5 Å². The Hall–Kier alpha value is -1.46. The molecule has 1 saturated heterocycles. The van der Waals surface area contributed by atoms with E-state index in [4.69, 9.17) is 5.73 Å². The fourth-order valence-corrected chi connectivity index (χ4v) is 4.75. The molecule has 0 saturated carbocycles. The molecule has 1 unspecified atom stereocenters. The lowest BCUT2D eigenvalue weighted by Gasteiger charge is -2.19. The first-order valence-corrected chi connectivity index (χ1v) is 12.8. The summed E-state index contributed by atoms with van der Waals surface area (Å²) in [6.45, 7) is 10.6. The van der Waals surface area contributed by atoms with Crippen molar-refractivity contribution in [3.8, 4) is 0 Å². The van der Waals surface area contributed by atoms with Crippen molar-refractivity contribution in [3.63, 3.8) is 0 Å². The number of hydrogen-bond acceptors (Lipinski definition) is 2. The molecule has 0 aliphatic carbocycles. The van der Waals surface area contributed by atoms with Crippen LogP contribution in [0.3, 0.4) is 0 Å². The number of hydrogen-bond donors (Lipinski definition) is 1. The number of aryl methyl sites for hydroxylation is 1. The van der Waals surface area contributed by atoms with Crippen molar-refractivity contribution < 1.29 is 17.0 Å². The van der Waals surface area contributed by atoms with Crippen LogP contribution < -0.4 is 27.6 Å². The lowest BCUT2D eigenvalue weighted by Crippen LogP contribution is -3.00. The average molecular weight is 379 g/mol. The topological polar surface area (TPSA) is 38.1 Å². The van der Waals surface area contributed by atoms with Crippen LogP contribution >= 0.6 is 0 Å². The van der Waals surface area contributed by atoms with Crippen LogP contribution in [-0.2, 0) is 6.54 Å². The summed E-state index contributed by atoms with van der Waals surface area (Å²) >= 11 is 0. The Morgan fingerprint density at radius 3 is 2.72 bits per heavy atom. The Labute approximate surface area is 159 Å². The van der Waals surface area contributed by atoms with E-state index in [0.717, 1.165) is 25.3 Å². The highest BCUT2D eigenvalue weighted by molar-refractivity contribution is 6.76. The Morgan fingerprint density at radius 2 is 2.00 bits per heavy atom. The Balaban J connectivity index is 0.00000225. The van der Waals surface area contributed by atoms with Gasteiger partial charge in [-0.3, -0.25) is 0 Å². The van der Waals surface area contributed by atoms with Crippen LogP contribution in [0.1, 0.15) is 18.9 Å². The quantitative estimate of drug-likeness (QED) is 0.452. The lowest BCUT2D eigenvalue weighted by molar-refractivity contribution is -0.696. The van der Waals surface area contributed by atoms with Crippen molar-refractivity contribution in [1.29, 1.82) is 0 Å². The van der Waals surface area contributed by atoms with E-state index in [-0.39, 0.29) is 12.4 Å². The number of nitrogens with zero attached hydrogens (tertiary/aromatic N) is 3. The maximum Gasteiger partial charge on any atom is 0.244 e. The van der Waals surface area contributed by atoms with E-state index in [0.29, 0.717) is 6.04 Å². The molecule has 0 amide bonds. The highest BCUT2D eigenvalue weighted by Gasteiger charge is 2.28. The third-order valence-electron chi connectivity index (χ3n) is 4.92. The van der Waals surface area contributed by atoms with Crippen LogP contribution in [0.2, 0.25) is 25.7 Å². The average Bonchev–Trinajstić information content (AvgIpc) is 3.15. The van der Waals surface area contributed by atoms with Gasteiger partial charge in [0.25, 0.3) is 0 Å². The number of imidazole rings is 1. The summed E-state index contributed by atoms with van der Waals surface area (Å²) in [5.74, 6) is 0. The van der Waals surface area contributed by atoms with Crippen molar-refractivity contribution >= 4 is 19.4 Å². The summed E-state index contributed by atoms with van der Waals surface area (Å²) in [5.41, 5.74) is 8.19. The van der Waals surface area contributed by atoms with E-state index >= 15 is 0 Å². The molecule has 1 aliphatic heterocycles. The van der Waals surface area contributed by atoms with Crippen molar-refractivity contribution in [2.45, 2.75) is 51.1 Å². The molecule has 1 atom stereocenters. The van der Waals surface area contributed by atoms with Gasteiger partial charge in [0.2, 0.25) is 6.33 Å². The number of rotatable bonds is 6. The minimum absolute atomic E-state index is 0. The van der Waals surface area contributed by atoms with Crippen molar-refractivity contribution in [2.24, 2.45) is 0 Å². The molecule has 0 spiro atoms. The van der Waals surface area contributed by atoms with Gasteiger partial charge in [-0.15, -0.1) is 0 Å². The van der Waals surface area contributed by atoms with Crippen LogP contribution in [0.5, 0.6) is 0 Å². The molecular weight excluding hydrogens is 348 g/mol. The number of aromatic nitrogens is 2. The summed E-state index contributed by atoms with van der Waals surface area (Å²) in [5, 5.41) is 0. The van der Waals surface area contributed by atoms with Gasteiger partial charge >= 0.3 is 0 Å². The van der Waals surface area contributed by atoms with Crippen LogP contribution in [0.15, 0.2) is 43.0 Å². The second kappa shape index (κ2) is 8.28. The van der Waals surface area contributed by atoms with Crippen molar-refractivity contribution in [3.05, 3.63) is 43.0 Å². The van der Waals surface area contributed by atoms with Crippen LogP contribution in [0.25, 0.3) is 0 Å². The van der Waals surface area contributed by atoms with Crippen LogP contribution in [0.4, 0.5) is 11.4 Å². The molecule has 1 fully saturated rings. The maximum absolute atomic E-state index is 6.13. The van der Waals surface area contributed by atoms with Gasteiger partial charge in [-0.1, -0.05) is 37.8 Å². The minimum Gasteiger partial charge on any atom is -1.00 e. The predicted molar refractivity (Wildman–Crippen MR) is 104 cm³/mol. The number of halogens is 1. The fourth-order valence-electron chi connectivity index (χ4n) is 3.53. The van der Waals surface area contributed by atoms with E-state index in [1.54, 1.807) is 0 Å². The monoisotopic (exact) mass is 378 g/mol. The molecule has 25 heavy (non-hydrogen) atoms. The fraction of sp³-hybridized carbons (Fsp3) is 0.526. The zero-order valence-electron chi connectivity index (χ0n) is 15.7. The standard InChI is InChI=1S/C19H31N4Si.ClH/c1-24(2,3)14-6-10-21-12-13-23(16-21)17-9-11-22(15-17)19-8-5-4-7-18(19)20;/h4-5,7-8,12-13,16-17H,6,9-11,14-15,20H2,1-3H3;1H/q+1;/p-1. The molecule has 4 nitrogen and oxygen atoms in total. The van der Waals surface area contributed by atoms with E-state index in [9.17, 15) is 0 Å². The van der Waals surface area contributed by atoms with Gasteiger partial charge in [0, 0.05) is 21.0 Å². The van der Waals surface area contributed by atoms with Crippen LogP contribution in [0, 0.1) is 0 Å². The molecule has 2 aromatic rings. The van der Waals surface area contributed by atoms with Crippen molar-refractivity contribution in [1.82, 2.24) is 4.57 Å². The first-order chi connectivity index (χ1) is 11.4. The Kier molecular flexibility index (Phi) is 6.57. The van der Waals surface area contributed by atoms with E-state index in [1.165, 1.54) is 24.6 Å². The third-order valence-corrected chi connectivity index (χ3v) is 6.77. The Bertz CT molecular complexity index is 680. The number of para-hydroxylation sites is 2. The second-order valence-electron chi connectivity index (χ2n) is 8.21. The largest absolute Gasteiger partial charge is 1.00 e. The molecule has 1 aromatic heterocycles. The molecular formula is C19H31ClN4Si. The zero-order chi connectivity index (χ0) is 17.2.